The van der Waals surface area contributed by atoms with Crippen LogP contribution in [-0.4, -0.2) is 6.03 Å². The highest BCUT2D eigenvalue weighted by molar-refractivity contribution is 5.89. The van der Waals surface area contributed by atoms with Crippen molar-refractivity contribution in [2.75, 3.05) is 5.32 Å². The van der Waals surface area contributed by atoms with Gasteiger partial charge >= 0.3 is 6.03 Å². The Labute approximate surface area is 119 Å². The molecule has 0 aromatic heterocycles. The zero-order chi connectivity index (χ0) is 14.4. The molecular weight excluding hydrogens is 250 g/mol. The lowest BCUT2D eigenvalue weighted by molar-refractivity contribution is 0.251. The summed E-state index contributed by atoms with van der Waals surface area (Å²) in [6, 6.07) is 15.3. The van der Waals surface area contributed by atoms with Gasteiger partial charge in [-0.05, 0) is 30.2 Å². The average Bonchev–Trinajstić information content (AvgIpc) is 2.48. The van der Waals surface area contributed by atoms with Crippen LogP contribution in [0, 0.1) is 6.92 Å². The number of carbonyl (C=O) groups excluding carboxylic acids is 1. The minimum Gasteiger partial charge on any atom is -0.334 e. The van der Waals surface area contributed by atoms with Crippen molar-refractivity contribution in [2.24, 2.45) is 5.73 Å². The molecule has 0 fully saturated rings. The largest absolute Gasteiger partial charge is 0.334 e. The van der Waals surface area contributed by atoms with Gasteiger partial charge in [-0.1, -0.05) is 42.0 Å². The maximum absolute atomic E-state index is 11.8. The van der Waals surface area contributed by atoms with Gasteiger partial charge in [-0.2, -0.15) is 0 Å². The second-order valence-electron chi connectivity index (χ2n) is 4.70. The van der Waals surface area contributed by atoms with Gasteiger partial charge in [-0.15, -0.1) is 0 Å². The molecule has 2 rings (SSSR count). The molecule has 0 saturated heterocycles. The number of hydrogen-bond donors (Lipinski definition) is 3. The second kappa shape index (κ2) is 6.73. The van der Waals surface area contributed by atoms with E-state index in [1.807, 2.05) is 55.5 Å². The van der Waals surface area contributed by atoms with Crippen LogP contribution in [0.4, 0.5) is 10.5 Å². The molecule has 0 aliphatic carbocycles. The molecule has 4 nitrogen and oxygen atoms in total. The number of carbonyl (C=O) groups is 1. The van der Waals surface area contributed by atoms with Gasteiger partial charge in [0.15, 0.2) is 0 Å². The Morgan fingerprint density at radius 2 is 1.80 bits per heavy atom. The lowest BCUT2D eigenvalue weighted by Gasteiger charge is -2.08. The van der Waals surface area contributed by atoms with Crippen molar-refractivity contribution in [3.8, 4) is 0 Å². The zero-order valence-electron chi connectivity index (χ0n) is 11.5. The summed E-state index contributed by atoms with van der Waals surface area (Å²) in [5.41, 5.74) is 9.63. The molecule has 2 aromatic rings. The van der Waals surface area contributed by atoms with Gasteiger partial charge in [0.25, 0.3) is 0 Å². The van der Waals surface area contributed by atoms with E-state index in [1.54, 1.807) is 0 Å². The number of amides is 2. The van der Waals surface area contributed by atoms with E-state index in [-0.39, 0.29) is 6.03 Å². The molecule has 0 heterocycles. The van der Waals surface area contributed by atoms with E-state index in [0.29, 0.717) is 13.1 Å². The van der Waals surface area contributed by atoms with Crippen LogP contribution in [0.5, 0.6) is 0 Å². The number of aryl methyl sites for hydroxylation is 1. The maximum Gasteiger partial charge on any atom is 0.319 e. The van der Waals surface area contributed by atoms with Crippen molar-refractivity contribution in [1.82, 2.24) is 5.32 Å². The van der Waals surface area contributed by atoms with Crippen molar-refractivity contribution >= 4 is 11.7 Å². The summed E-state index contributed by atoms with van der Waals surface area (Å²) < 4.78 is 0. The Bertz CT molecular complexity index is 579. The van der Waals surface area contributed by atoms with Crippen molar-refractivity contribution in [3.05, 3.63) is 65.2 Å². The van der Waals surface area contributed by atoms with Gasteiger partial charge in [0.05, 0.1) is 0 Å². The van der Waals surface area contributed by atoms with E-state index in [1.165, 1.54) is 0 Å². The first-order valence-electron chi connectivity index (χ1n) is 6.57. The van der Waals surface area contributed by atoms with Crippen LogP contribution in [0.25, 0.3) is 0 Å². The highest BCUT2D eigenvalue weighted by Gasteiger charge is 2.02. The minimum absolute atomic E-state index is 0.216. The Morgan fingerprint density at radius 1 is 1.10 bits per heavy atom. The summed E-state index contributed by atoms with van der Waals surface area (Å²) in [6.45, 7) is 2.99. The molecule has 0 radical (unpaired) electrons. The Hall–Kier alpha value is -2.33. The number of nitrogens with one attached hydrogen (secondary N) is 2. The second-order valence-corrected chi connectivity index (χ2v) is 4.70. The summed E-state index contributed by atoms with van der Waals surface area (Å²) in [5.74, 6) is 0. The third kappa shape index (κ3) is 4.10. The molecule has 104 valence electrons. The third-order valence-corrected chi connectivity index (χ3v) is 2.99. The predicted molar refractivity (Wildman–Crippen MR) is 81.4 cm³/mol. The number of benzene rings is 2. The van der Waals surface area contributed by atoms with Gasteiger partial charge in [-0.3, -0.25) is 0 Å². The van der Waals surface area contributed by atoms with Crippen LogP contribution in [0.15, 0.2) is 48.5 Å². The van der Waals surface area contributed by atoms with Crippen LogP contribution in [-0.2, 0) is 13.1 Å². The Morgan fingerprint density at radius 3 is 2.50 bits per heavy atom. The third-order valence-electron chi connectivity index (χ3n) is 2.99. The first kappa shape index (κ1) is 14.1. The smallest absolute Gasteiger partial charge is 0.319 e. The molecule has 0 aliphatic heterocycles. The fraction of sp³-hybridized carbons (Fsp3) is 0.188. The SMILES string of the molecule is Cc1ccc(NC(=O)NCc2cccc(CN)c2)cc1. The van der Waals surface area contributed by atoms with Crippen LogP contribution < -0.4 is 16.4 Å². The number of hydrogen-bond acceptors (Lipinski definition) is 2. The highest BCUT2D eigenvalue weighted by atomic mass is 16.2. The van der Waals surface area contributed by atoms with E-state index >= 15 is 0 Å². The standard InChI is InChI=1S/C16H19N3O/c1-12-5-7-15(8-6-12)19-16(20)18-11-14-4-2-3-13(9-14)10-17/h2-9H,10-11,17H2,1H3,(H2,18,19,20). The molecule has 2 amide bonds. The van der Waals surface area contributed by atoms with Gasteiger partial charge < -0.3 is 16.4 Å². The normalized spacial score (nSPS) is 10.1. The molecule has 0 aliphatic rings. The molecule has 0 spiro atoms. The van der Waals surface area contributed by atoms with Gasteiger partial charge in [0.2, 0.25) is 0 Å². The number of rotatable bonds is 4. The molecule has 0 saturated carbocycles. The molecular formula is C16H19N3O. The van der Waals surface area contributed by atoms with E-state index in [2.05, 4.69) is 10.6 Å². The summed E-state index contributed by atoms with van der Waals surface area (Å²) >= 11 is 0. The highest BCUT2D eigenvalue weighted by Crippen LogP contribution is 2.08. The summed E-state index contributed by atoms with van der Waals surface area (Å²) in [4.78, 5) is 11.8. The van der Waals surface area contributed by atoms with Crippen LogP contribution >= 0.6 is 0 Å². The number of urea groups is 1. The van der Waals surface area contributed by atoms with E-state index in [0.717, 1.165) is 22.4 Å². The van der Waals surface area contributed by atoms with Crippen LogP contribution in [0.1, 0.15) is 16.7 Å². The number of nitrogens with two attached hydrogens (primary N) is 1. The van der Waals surface area contributed by atoms with E-state index in [9.17, 15) is 4.79 Å². The Balaban J connectivity index is 1.87. The fourth-order valence-corrected chi connectivity index (χ4v) is 1.86. The maximum atomic E-state index is 11.8. The number of anilines is 1. The zero-order valence-corrected chi connectivity index (χ0v) is 11.5. The van der Waals surface area contributed by atoms with E-state index in [4.69, 9.17) is 5.73 Å². The molecule has 0 unspecified atom stereocenters. The minimum atomic E-state index is -0.216. The monoisotopic (exact) mass is 269 g/mol. The van der Waals surface area contributed by atoms with E-state index < -0.39 is 0 Å². The first-order valence-corrected chi connectivity index (χ1v) is 6.57. The average molecular weight is 269 g/mol. The van der Waals surface area contributed by atoms with Crippen LogP contribution in [0.3, 0.4) is 0 Å². The molecule has 0 atom stereocenters. The lowest BCUT2D eigenvalue weighted by Crippen LogP contribution is -2.28. The molecule has 20 heavy (non-hydrogen) atoms. The van der Waals surface area contributed by atoms with Crippen molar-refractivity contribution in [3.63, 3.8) is 0 Å². The van der Waals surface area contributed by atoms with Gasteiger partial charge in [0.1, 0.15) is 0 Å². The molecule has 2 aromatic carbocycles. The quantitative estimate of drug-likeness (QED) is 0.799. The van der Waals surface area contributed by atoms with Crippen molar-refractivity contribution in [2.45, 2.75) is 20.0 Å². The first-order chi connectivity index (χ1) is 9.67. The summed E-state index contributed by atoms with van der Waals surface area (Å²) in [6.07, 6.45) is 0. The fourth-order valence-electron chi connectivity index (χ4n) is 1.86. The summed E-state index contributed by atoms with van der Waals surface area (Å²) in [5, 5.41) is 5.62. The predicted octanol–water partition coefficient (Wildman–Crippen LogP) is 2.78. The molecule has 4 N–H and O–H groups in total. The lowest BCUT2D eigenvalue weighted by atomic mass is 10.1. The Kier molecular flexibility index (Phi) is 4.74. The molecule has 0 bridgehead atoms. The van der Waals surface area contributed by atoms with Crippen molar-refractivity contribution in [1.29, 1.82) is 0 Å². The van der Waals surface area contributed by atoms with Gasteiger partial charge in [0, 0.05) is 18.8 Å². The van der Waals surface area contributed by atoms with Crippen LogP contribution in [0.2, 0.25) is 0 Å². The molecule has 4 heteroatoms. The summed E-state index contributed by atoms with van der Waals surface area (Å²) in [7, 11) is 0. The van der Waals surface area contributed by atoms with Gasteiger partial charge in [-0.25, -0.2) is 4.79 Å². The van der Waals surface area contributed by atoms with Crippen molar-refractivity contribution < 1.29 is 4.79 Å². The topological polar surface area (TPSA) is 67.2 Å².